The van der Waals surface area contributed by atoms with Crippen molar-refractivity contribution in [3.05, 3.63) is 41.7 Å². The predicted molar refractivity (Wildman–Crippen MR) is 104 cm³/mol. The fourth-order valence-electron chi connectivity index (χ4n) is 4.81. The summed E-state index contributed by atoms with van der Waals surface area (Å²) in [5.41, 5.74) is 1.68. The zero-order valence-corrected chi connectivity index (χ0v) is 15.6. The SMILES string of the molecule is Oc1c2c(c(O)n1CC(O)CN1CCN(c3ncccn3)CC1)[C@H]1C=CC2C1. The lowest BCUT2D eigenvalue weighted by molar-refractivity contribution is 0.0906. The maximum Gasteiger partial charge on any atom is 0.225 e. The Bertz CT molecular complexity index is 853. The average Bonchev–Trinajstić information content (AvgIpc) is 3.39. The van der Waals surface area contributed by atoms with Crippen molar-refractivity contribution in [2.24, 2.45) is 0 Å². The zero-order valence-electron chi connectivity index (χ0n) is 15.6. The van der Waals surface area contributed by atoms with Gasteiger partial charge in [0, 0.05) is 68.1 Å². The quantitative estimate of drug-likeness (QED) is 0.663. The fraction of sp³-hybridized carbons (Fsp3) is 0.500. The summed E-state index contributed by atoms with van der Waals surface area (Å²) >= 11 is 0. The van der Waals surface area contributed by atoms with Gasteiger partial charge in [-0.2, -0.15) is 0 Å². The molecule has 1 fully saturated rings. The maximum absolute atomic E-state index is 10.6. The molecule has 2 aliphatic carbocycles. The average molecular weight is 383 g/mol. The molecule has 1 aliphatic heterocycles. The van der Waals surface area contributed by atoms with Gasteiger partial charge in [-0.25, -0.2) is 9.97 Å². The van der Waals surface area contributed by atoms with Gasteiger partial charge in [0.15, 0.2) is 11.8 Å². The van der Waals surface area contributed by atoms with Gasteiger partial charge in [0.25, 0.3) is 0 Å². The van der Waals surface area contributed by atoms with Crippen molar-refractivity contribution >= 4 is 5.95 Å². The number of aromatic hydroxyl groups is 2. The Morgan fingerprint density at radius 3 is 2.14 bits per heavy atom. The second-order valence-corrected chi connectivity index (χ2v) is 7.91. The molecule has 3 aliphatic rings. The fourth-order valence-corrected chi connectivity index (χ4v) is 4.81. The number of nitrogens with zero attached hydrogens (tertiary/aromatic N) is 5. The molecule has 5 rings (SSSR count). The van der Waals surface area contributed by atoms with E-state index in [0.29, 0.717) is 6.54 Å². The number of aliphatic hydroxyl groups excluding tert-OH is 1. The van der Waals surface area contributed by atoms with Crippen LogP contribution in [0.4, 0.5) is 5.95 Å². The van der Waals surface area contributed by atoms with E-state index in [0.717, 1.165) is 49.7 Å². The highest BCUT2D eigenvalue weighted by Gasteiger charge is 2.41. The molecule has 2 aromatic rings. The standard InChI is InChI=1S/C20H25N5O3/c26-15(11-23-6-8-24(9-7-23)20-21-4-1-5-22-20)12-25-18(27)16-13-2-3-14(10-13)17(16)19(25)28/h1-5,13-15,26-28H,6-12H2/t13-,14?,15?/m0/s1. The summed E-state index contributed by atoms with van der Waals surface area (Å²) in [4.78, 5) is 12.9. The maximum atomic E-state index is 10.6. The third kappa shape index (κ3) is 2.84. The Kier molecular flexibility index (Phi) is 4.25. The van der Waals surface area contributed by atoms with Crippen molar-refractivity contribution < 1.29 is 15.3 Å². The van der Waals surface area contributed by atoms with E-state index < -0.39 is 6.10 Å². The first-order valence-corrected chi connectivity index (χ1v) is 9.86. The molecular formula is C20H25N5O3. The molecule has 0 aromatic carbocycles. The highest BCUT2D eigenvalue weighted by molar-refractivity contribution is 5.58. The molecular weight excluding hydrogens is 358 g/mol. The van der Waals surface area contributed by atoms with Crippen molar-refractivity contribution in [3.8, 4) is 11.8 Å². The summed E-state index contributed by atoms with van der Waals surface area (Å²) in [6, 6.07) is 1.81. The summed E-state index contributed by atoms with van der Waals surface area (Å²) in [5, 5.41) is 31.8. The summed E-state index contributed by atoms with van der Waals surface area (Å²) in [6.45, 7) is 3.91. The molecule has 3 heterocycles. The number of piperazine rings is 1. The molecule has 0 saturated carbocycles. The van der Waals surface area contributed by atoms with Crippen LogP contribution in [0.25, 0.3) is 0 Å². The molecule has 8 nitrogen and oxygen atoms in total. The molecule has 2 unspecified atom stereocenters. The predicted octanol–water partition coefficient (Wildman–Crippen LogP) is 1.01. The van der Waals surface area contributed by atoms with Crippen LogP contribution >= 0.6 is 0 Å². The lowest BCUT2D eigenvalue weighted by Gasteiger charge is -2.35. The zero-order chi connectivity index (χ0) is 19.3. The molecule has 28 heavy (non-hydrogen) atoms. The van der Waals surface area contributed by atoms with E-state index in [9.17, 15) is 15.3 Å². The lowest BCUT2D eigenvalue weighted by atomic mass is 10.0. The van der Waals surface area contributed by atoms with Crippen molar-refractivity contribution in [3.63, 3.8) is 0 Å². The van der Waals surface area contributed by atoms with E-state index in [4.69, 9.17) is 0 Å². The van der Waals surface area contributed by atoms with Crippen LogP contribution in [-0.2, 0) is 6.54 Å². The van der Waals surface area contributed by atoms with Gasteiger partial charge >= 0.3 is 0 Å². The lowest BCUT2D eigenvalue weighted by Crippen LogP contribution is -2.49. The normalized spacial score (nSPS) is 24.7. The molecule has 2 aromatic heterocycles. The largest absolute Gasteiger partial charge is 0.494 e. The monoisotopic (exact) mass is 383 g/mol. The number of aliphatic hydroxyl groups is 1. The highest BCUT2D eigenvalue weighted by atomic mass is 16.3. The second-order valence-electron chi connectivity index (χ2n) is 7.91. The number of hydrogen-bond donors (Lipinski definition) is 3. The summed E-state index contributed by atoms with van der Waals surface area (Å²) in [7, 11) is 0. The van der Waals surface area contributed by atoms with Crippen LogP contribution in [0.1, 0.15) is 29.4 Å². The summed E-state index contributed by atoms with van der Waals surface area (Å²) in [5.74, 6) is 1.33. The first kappa shape index (κ1) is 17.5. The van der Waals surface area contributed by atoms with Gasteiger partial charge in [0.2, 0.25) is 5.95 Å². The molecule has 0 spiro atoms. The van der Waals surface area contributed by atoms with E-state index in [1.807, 2.05) is 0 Å². The summed E-state index contributed by atoms with van der Waals surface area (Å²) in [6.07, 6.45) is 7.95. The van der Waals surface area contributed by atoms with Gasteiger partial charge in [0.1, 0.15) is 0 Å². The number of anilines is 1. The van der Waals surface area contributed by atoms with Crippen molar-refractivity contribution in [2.75, 3.05) is 37.6 Å². The Morgan fingerprint density at radius 2 is 1.54 bits per heavy atom. The molecule has 0 amide bonds. The van der Waals surface area contributed by atoms with Crippen molar-refractivity contribution in [1.29, 1.82) is 0 Å². The molecule has 3 atom stereocenters. The smallest absolute Gasteiger partial charge is 0.225 e. The van der Waals surface area contributed by atoms with E-state index in [2.05, 4.69) is 31.9 Å². The third-order valence-corrected chi connectivity index (χ3v) is 6.18. The van der Waals surface area contributed by atoms with Crippen molar-refractivity contribution in [1.82, 2.24) is 19.4 Å². The molecule has 3 N–H and O–H groups in total. The molecule has 2 bridgehead atoms. The van der Waals surface area contributed by atoms with E-state index in [1.54, 1.807) is 18.5 Å². The number of fused-ring (bicyclic) bond motifs is 5. The number of hydrogen-bond acceptors (Lipinski definition) is 7. The Morgan fingerprint density at radius 1 is 0.929 bits per heavy atom. The Labute approximate surface area is 163 Å². The first-order valence-electron chi connectivity index (χ1n) is 9.86. The van der Waals surface area contributed by atoms with E-state index in [-0.39, 0.29) is 30.1 Å². The van der Waals surface area contributed by atoms with Gasteiger partial charge in [-0.15, -0.1) is 0 Å². The highest BCUT2D eigenvalue weighted by Crippen LogP contribution is 2.56. The van der Waals surface area contributed by atoms with E-state index in [1.165, 1.54) is 4.57 Å². The van der Waals surface area contributed by atoms with Gasteiger partial charge < -0.3 is 20.2 Å². The summed E-state index contributed by atoms with van der Waals surface area (Å²) < 4.78 is 1.47. The first-order chi connectivity index (χ1) is 13.6. The number of rotatable bonds is 5. The van der Waals surface area contributed by atoms with Gasteiger partial charge in [-0.1, -0.05) is 12.2 Å². The van der Waals surface area contributed by atoms with Crippen LogP contribution in [0, 0.1) is 0 Å². The van der Waals surface area contributed by atoms with Gasteiger partial charge in [-0.3, -0.25) is 9.47 Å². The number of β-amino-alcohol motifs (C(OH)–C–C–N with tert-alkyl or cyclic N) is 1. The van der Waals surface area contributed by atoms with Crippen molar-refractivity contribution in [2.45, 2.75) is 30.9 Å². The van der Waals surface area contributed by atoms with Crippen LogP contribution in [0.2, 0.25) is 0 Å². The number of allylic oxidation sites excluding steroid dienone is 2. The van der Waals surface area contributed by atoms with Crippen LogP contribution in [0.15, 0.2) is 30.6 Å². The Balaban J connectivity index is 1.20. The molecule has 8 heteroatoms. The molecule has 0 radical (unpaired) electrons. The number of aromatic nitrogens is 3. The van der Waals surface area contributed by atoms with Crippen LogP contribution < -0.4 is 4.90 Å². The second kappa shape index (κ2) is 6.79. The van der Waals surface area contributed by atoms with E-state index >= 15 is 0 Å². The molecule has 1 saturated heterocycles. The third-order valence-electron chi connectivity index (χ3n) is 6.18. The molecule has 148 valence electrons. The minimum Gasteiger partial charge on any atom is -0.494 e. The van der Waals surface area contributed by atoms with Gasteiger partial charge in [-0.05, 0) is 12.5 Å². The topological polar surface area (TPSA) is 97.9 Å². The minimum atomic E-state index is -0.672. The van der Waals surface area contributed by atoms with Gasteiger partial charge in [0.05, 0.1) is 12.6 Å². The van der Waals surface area contributed by atoms with Crippen LogP contribution in [0.5, 0.6) is 11.8 Å². The Hall–Kier alpha value is -2.58. The van der Waals surface area contributed by atoms with Crippen LogP contribution in [0.3, 0.4) is 0 Å². The van der Waals surface area contributed by atoms with Crippen LogP contribution in [-0.4, -0.2) is 73.6 Å². The minimum absolute atomic E-state index is 0.106.